The maximum Gasteiger partial charge on any atom is 0.150 e. The van der Waals surface area contributed by atoms with Crippen molar-refractivity contribution in [3.8, 4) is 5.75 Å². The van der Waals surface area contributed by atoms with Crippen LogP contribution in [0, 0.1) is 0 Å². The van der Waals surface area contributed by atoms with E-state index in [1.165, 1.54) is 16.7 Å². The molecule has 0 amide bonds. The molecular formula is C20H24N2O2. The van der Waals surface area contributed by atoms with Gasteiger partial charge in [0.25, 0.3) is 0 Å². The van der Waals surface area contributed by atoms with E-state index in [2.05, 4.69) is 46.8 Å². The molecule has 1 unspecified atom stereocenters. The molecule has 4 nitrogen and oxygen atoms in total. The summed E-state index contributed by atoms with van der Waals surface area (Å²) in [6.45, 7) is 0.801. The third kappa shape index (κ3) is 3.50. The van der Waals surface area contributed by atoms with Crippen LogP contribution in [0.5, 0.6) is 5.75 Å². The number of benzene rings is 2. The first kappa shape index (κ1) is 16.7. The monoisotopic (exact) mass is 324 g/mol. The van der Waals surface area contributed by atoms with Crippen LogP contribution in [0.25, 0.3) is 0 Å². The minimum atomic E-state index is 0.109. The summed E-state index contributed by atoms with van der Waals surface area (Å²) in [6, 6.07) is 16.9. The smallest absolute Gasteiger partial charge is 0.150 e. The molecule has 1 aliphatic heterocycles. The van der Waals surface area contributed by atoms with Gasteiger partial charge in [-0.05, 0) is 37.7 Å². The first-order valence-corrected chi connectivity index (χ1v) is 8.39. The number of carbonyl (C=O) groups excluding carboxylic acids is 1. The Balaban J connectivity index is 1.98. The molecular weight excluding hydrogens is 300 g/mol. The average Bonchev–Trinajstić information content (AvgIpc) is 2.82. The molecule has 1 N–H and O–H groups in total. The SMILES string of the molecule is CN(C)[C@@H](CC=O)c1cccc(C2CCNOc3ccccc32)c1. The summed E-state index contributed by atoms with van der Waals surface area (Å²) in [5.41, 5.74) is 6.68. The average molecular weight is 324 g/mol. The summed E-state index contributed by atoms with van der Waals surface area (Å²) in [6.07, 6.45) is 2.47. The Morgan fingerprint density at radius 3 is 2.88 bits per heavy atom. The maximum atomic E-state index is 11.0. The summed E-state index contributed by atoms with van der Waals surface area (Å²) < 4.78 is 0. The Morgan fingerprint density at radius 1 is 1.25 bits per heavy atom. The predicted molar refractivity (Wildman–Crippen MR) is 95.1 cm³/mol. The van der Waals surface area contributed by atoms with E-state index in [1.807, 2.05) is 26.2 Å². The lowest BCUT2D eigenvalue weighted by Crippen LogP contribution is -2.20. The molecule has 24 heavy (non-hydrogen) atoms. The highest BCUT2D eigenvalue weighted by atomic mass is 16.6. The molecule has 0 aromatic heterocycles. The van der Waals surface area contributed by atoms with E-state index in [0.29, 0.717) is 6.42 Å². The van der Waals surface area contributed by atoms with Crippen molar-refractivity contribution >= 4 is 6.29 Å². The van der Waals surface area contributed by atoms with Gasteiger partial charge in [-0.15, -0.1) is 0 Å². The molecule has 0 bridgehead atoms. The number of hydrogen-bond donors (Lipinski definition) is 1. The van der Waals surface area contributed by atoms with Crippen LogP contribution < -0.4 is 10.3 Å². The minimum absolute atomic E-state index is 0.109. The van der Waals surface area contributed by atoms with Gasteiger partial charge < -0.3 is 14.5 Å². The standard InChI is InChI=1S/C20H24N2O2/c1-22(2)19(11-13-23)16-7-5-6-15(14-16)17-10-12-21-24-20-9-4-3-8-18(17)20/h3-9,13-14,17,19,21H,10-12H2,1-2H3/t17?,19-/m0/s1. The fourth-order valence-electron chi connectivity index (χ4n) is 3.41. The van der Waals surface area contributed by atoms with Crippen molar-refractivity contribution in [2.45, 2.75) is 24.8 Å². The lowest BCUT2D eigenvalue weighted by molar-refractivity contribution is -0.108. The molecule has 0 aliphatic carbocycles. The molecule has 2 aromatic rings. The van der Waals surface area contributed by atoms with Crippen LogP contribution in [0.1, 0.15) is 41.5 Å². The maximum absolute atomic E-state index is 11.0. The highest BCUT2D eigenvalue weighted by molar-refractivity contribution is 5.52. The van der Waals surface area contributed by atoms with Crippen molar-refractivity contribution in [2.75, 3.05) is 20.6 Å². The molecule has 0 radical (unpaired) electrons. The van der Waals surface area contributed by atoms with E-state index in [9.17, 15) is 4.79 Å². The fraction of sp³-hybridized carbons (Fsp3) is 0.350. The van der Waals surface area contributed by atoms with Gasteiger partial charge in [-0.2, -0.15) is 5.48 Å². The molecule has 0 fully saturated rings. The Bertz CT molecular complexity index is 700. The molecule has 0 saturated carbocycles. The first-order valence-electron chi connectivity index (χ1n) is 8.39. The van der Waals surface area contributed by atoms with Gasteiger partial charge in [-0.1, -0.05) is 42.5 Å². The Hall–Kier alpha value is -2.17. The third-order valence-electron chi connectivity index (χ3n) is 4.65. The minimum Gasteiger partial charge on any atom is -0.408 e. The van der Waals surface area contributed by atoms with Crippen molar-refractivity contribution in [1.82, 2.24) is 10.4 Å². The number of nitrogens with zero attached hydrogens (tertiary/aromatic N) is 1. The largest absolute Gasteiger partial charge is 0.408 e. The van der Waals surface area contributed by atoms with Crippen LogP contribution >= 0.6 is 0 Å². The second-order valence-corrected chi connectivity index (χ2v) is 6.43. The van der Waals surface area contributed by atoms with Crippen LogP contribution in [0.4, 0.5) is 0 Å². The van der Waals surface area contributed by atoms with Gasteiger partial charge in [0.05, 0.1) is 0 Å². The third-order valence-corrected chi connectivity index (χ3v) is 4.65. The van der Waals surface area contributed by atoms with Crippen molar-refractivity contribution < 1.29 is 9.63 Å². The normalized spacial score (nSPS) is 18.4. The number of hydroxylamine groups is 1. The van der Waals surface area contributed by atoms with E-state index in [1.54, 1.807) is 0 Å². The number of hydrogen-bond acceptors (Lipinski definition) is 4. The molecule has 4 heteroatoms. The van der Waals surface area contributed by atoms with Gasteiger partial charge in [0.1, 0.15) is 6.29 Å². The highest BCUT2D eigenvalue weighted by Gasteiger charge is 2.22. The molecule has 0 saturated heterocycles. The lowest BCUT2D eigenvalue weighted by Gasteiger charge is -2.24. The number of rotatable bonds is 5. The molecule has 2 aromatic carbocycles. The van der Waals surface area contributed by atoms with E-state index in [0.717, 1.165) is 25.0 Å². The first-order chi connectivity index (χ1) is 11.7. The quantitative estimate of drug-likeness (QED) is 0.857. The second-order valence-electron chi connectivity index (χ2n) is 6.43. The lowest BCUT2D eigenvalue weighted by atomic mass is 9.86. The van der Waals surface area contributed by atoms with Gasteiger partial charge in [-0.3, -0.25) is 0 Å². The summed E-state index contributed by atoms with van der Waals surface area (Å²) in [4.78, 5) is 18.8. The zero-order valence-electron chi connectivity index (χ0n) is 14.2. The topological polar surface area (TPSA) is 41.6 Å². The van der Waals surface area contributed by atoms with Crippen molar-refractivity contribution in [3.05, 3.63) is 65.2 Å². The van der Waals surface area contributed by atoms with Gasteiger partial charge in [0.15, 0.2) is 5.75 Å². The number of aldehydes is 1. The number of fused-ring (bicyclic) bond motifs is 1. The van der Waals surface area contributed by atoms with E-state index < -0.39 is 0 Å². The van der Waals surface area contributed by atoms with Crippen LogP contribution in [0.15, 0.2) is 48.5 Å². The van der Waals surface area contributed by atoms with Crippen LogP contribution in [-0.2, 0) is 4.79 Å². The Kier molecular flexibility index (Phi) is 5.28. The summed E-state index contributed by atoms with van der Waals surface area (Å²) >= 11 is 0. The molecule has 3 rings (SSSR count). The Morgan fingerprint density at radius 2 is 2.08 bits per heavy atom. The van der Waals surface area contributed by atoms with Crippen molar-refractivity contribution in [1.29, 1.82) is 0 Å². The van der Waals surface area contributed by atoms with Gasteiger partial charge in [-0.25, -0.2) is 0 Å². The molecule has 1 heterocycles. The molecule has 1 aliphatic rings. The van der Waals surface area contributed by atoms with Gasteiger partial charge >= 0.3 is 0 Å². The van der Waals surface area contributed by atoms with E-state index in [4.69, 9.17) is 4.84 Å². The predicted octanol–water partition coefficient (Wildman–Crippen LogP) is 3.30. The summed E-state index contributed by atoms with van der Waals surface area (Å²) in [7, 11) is 4.03. The van der Waals surface area contributed by atoms with Crippen molar-refractivity contribution in [2.24, 2.45) is 0 Å². The highest BCUT2D eigenvalue weighted by Crippen LogP contribution is 2.36. The number of para-hydroxylation sites is 1. The van der Waals surface area contributed by atoms with Crippen LogP contribution in [0.3, 0.4) is 0 Å². The molecule has 126 valence electrons. The second kappa shape index (κ2) is 7.60. The van der Waals surface area contributed by atoms with Gasteiger partial charge in [0, 0.05) is 30.5 Å². The number of nitrogens with one attached hydrogen (secondary N) is 1. The zero-order chi connectivity index (χ0) is 16.9. The van der Waals surface area contributed by atoms with Crippen molar-refractivity contribution in [3.63, 3.8) is 0 Å². The zero-order valence-corrected chi connectivity index (χ0v) is 14.2. The summed E-state index contributed by atoms with van der Waals surface area (Å²) in [5.74, 6) is 1.18. The fourth-order valence-corrected chi connectivity index (χ4v) is 3.41. The van der Waals surface area contributed by atoms with Crippen LogP contribution in [0.2, 0.25) is 0 Å². The summed E-state index contributed by atoms with van der Waals surface area (Å²) in [5, 5.41) is 0. The van der Waals surface area contributed by atoms with Crippen LogP contribution in [-0.4, -0.2) is 31.8 Å². The Labute approximate surface area is 143 Å². The number of carbonyl (C=O) groups is 1. The van der Waals surface area contributed by atoms with E-state index >= 15 is 0 Å². The molecule has 2 atom stereocenters. The van der Waals surface area contributed by atoms with Gasteiger partial charge in [0.2, 0.25) is 0 Å². The molecule has 0 spiro atoms. The van der Waals surface area contributed by atoms with E-state index in [-0.39, 0.29) is 12.0 Å².